The van der Waals surface area contributed by atoms with Crippen molar-refractivity contribution in [3.8, 4) is 0 Å². The third kappa shape index (κ3) is 4.09. The lowest BCUT2D eigenvalue weighted by atomic mass is 9.93. The first-order valence-corrected chi connectivity index (χ1v) is 6.10. The van der Waals surface area contributed by atoms with Crippen LogP contribution in [-0.4, -0.2) is 17.4 Å². The lowest BCUT2D eigenvalue weighted by molar-refractivity contribution is -0.137. The van der Waals surface area contributed by atoms with Gasteiger partial charge >= 0.3 is 6.18 Å². The molecule has 8 heteroatoms. The van der Waals surface area contributed by atoms with E-state index in [1.54, 1.807) is 0 Å². The van der Waals surface area contributed by atoms with E-state index in [0.29, 0.717) is 0 Å². The number of rotatable bonds is 4. The number of aromatic nitrogens is 1. The number of alkyl halides is 3. The van der Waals surface area contributed by atoms with Crippen LogP contribution in [-0.2, 0) is 11.0 Å². The van der Waals surface area contributed by atoms with E-state index in [2.05, 4.69) is 26.2 Å². The van der Waals surface area contributed by atoms with Crippen LogP contribution in [0, 0.1) is 5.41 Å². The van der Waals surface area contributed by atoms with E-state index >= 15 is 0 Å². The Hall–Kier alpha value is -1.31. The van der Waals surface area contributed by atoms with Gasteiger partial charge in [0.25, 0.3) is 0 Å². The highest BCUT2D eigenvalue weighted by Gasteiger charge is 2.35. The quantitative estimate of drug-likeness (QED) is 0.886. The third-order valence-electron chi connectivity index (χ3n) is 2.52. The fraction of sp³-hybridized carbons (Fsp3) is 0.455. The molecule has 1 amide bonds. The van der Waals surface area contributed by atoms with Gasteiger partial charge in [-0.2, -0.15) is 13.2 Å². The number of primary amides is 1. The first-order valence-electron chi connectivity index (χ1n) is 5.30. The predicted molar refractivity (Wildman–Crippen MR) is 68.4 cm³/mol. The summed E-state index contributed by atoms with van der Waals surface area (Å²) in [4.78, 5) is 14.8. The predicted octanol–water partition coefficient (Wildman–Crippen LogP) is 2.79. The van der Waals surface area contributed by atoms with Gasteiger partial charge in [-0.25, -0.2) is 4.98 Å². The summed E-state index contributed by atoms with van der Waals surface area (Å²) in [5.41, 5.74) is 3.28. The SMILES string of the molecule is CC(C)(CNc1ncc(Br)cc1C(F)(F)F)C(N)=O. The summed E-state index contributed by atoms with van der Waals surface area (Å²) in [6.45, 7) is 3.03. The highest BCUT2D eigenvalue weighted by molar-refractivity contribution is 9.10. The number of carbonyl (C=O) groups is 1. The number of hydrogen-bond acceptors (Lipinski definition) is 3. The van der Waals surface area contributed by atoms with Crippen molar-refractivity contribution in [2.45, 2.75) is 20.0 Å². The van der Waals surface area contributed by atoms with Crippen LogP contribution in [0.25, 0.3) is 0 Å². The van der Waals surface area contributed by atoms with Crippen LogP contribution in [0.5, 0.6) is 0 Å². The standard InChI is InChI=1S/C11H13BrF3N3O/c1-10(2,9(16)19)5-18-8-7(11(13,14)15)3-6(12)4-17-8/h3-4H,5H2,1-2H3,(H2,16,19)(H,17,18). The Balaban J connectivity index is 3.00. The maximum absolute atomic E-state index is 12.8. The third-order valence-corrected chi connectivity index (χ3v) is 2.96. The number of pyridine rings is 1. The fourth-order valence-corrected chi connectivity index (χ4v) is 1.52. The van der Waals surface area contributed by atoms with E-state index in [-0.39, 0.29) is 16.8 Å². The summed E-state index contributed by atoms with van der Waals surface area (Å²) < 4.78 is 38.7. The van der Waals surface area contributed by atoms with Crippen molar-refractivity contribution in [1.82, 2.24) is 4.98 Å². The number of nitrogens with one attached hydrogen (secondary N) is 1. The lowest BCUT2D eigenvalue weighted by Crippen LogP contribution is -2.37. The molecular formula is C11H13BrF3N3O. The lowest BCUT2D eigenvalue weighted by Gasteiger charge is -2.22. The molecule has 0 aliphatic rings. The van der Waals surface area contributed by atoms with Crippen molar-refractivity contribution in [3.05, 3.63) is 22.3 Å². The smallest absolute Gasteiger partial charge is 0.369 e. The summed E-state index contributed by atoms with van der Waals surface area (Å²) in [7, 11) is 0. The maximum Gasteiger partial charge on any atom is 0.419 e. The molecule has 0 unspecified atom stereocenters. The van der Waals surface area contributed by atoms with Gasteiger partial charge in [0, 0.05) is 17.2 Å². The van der Waals surface area contributed by atoms with Gasteiger partial charge in [-0.1, -0.05) is 0 Å². The van der Waals surface area contributed by atoms with Crippen LogP contribution in [0.1, 0.15) is 19.4 Å². The second kappa shape index (κ2) is 5.36. The molecule has 0 aromatic carbocycles. The summed E-state index contributed by atoms with van der Waals surface area (Å²) >= 11 is 2.94. The van der Waals surface area contributed by atoms with E-state index in [4.69, 9.17) is 5.73 Å². The Morgan fingerprint density at radius 1 is 1.47 bits per heavy atom. The molecule has 1 rings (SSSR count). The molecule has 106 valence electrons. The normalized spacial score (nSPS) is 12.3. The highest BCUT2D eigenvalue weighted by atomic mass is 79.9. The zero-order chi connectivity index (χ0) is 14.8. The molecule has 0 aliphatic heterocycles. The van der Waals surface area contributed by atoms with Gasteiger partial charge in [0.05, 0.1) is 11.0 Å². The Labute approximate surface area is 116 Å². The molecule has 0 bridgehead atoms. The molecule has 1 aromatic rings. The molecule has 0 atom stereocenters. The second-order valence-electron chi connectivity index (χ2n) is 4.65. The van der Waals surface area contributed by atoms with E-state index in [9.17, 15) is 18.0 Å². The van der Waals surface area contributed by atoms with Crippen LogP contribution < -0.4 is 11.1 Å². The average molecular weight is 340 g/mol. The topological polar surface area (TPSA) is 68.0 Å². The molecule has 3 N–H and O–H groups in total. The van der Waals surface area contributed by atoms with Crippen molar-refractivity contribution >= 4 is 27.7 Å². The first-order chi connectivity index (χ1) is 8.54. The number of amides is 1. The van der Waals surface area contributed by atoms with Crippen molar-refractivity contribution in [3.63, 3.8) is 0 Å². The summed E-state index contributed by atoms with van der Waals surface area (Å²) in [5.74, 6) is -0.935. The number of carbonyl (C=O) groups excluding carboxylic acids is 1. The van der Waals surface area contributed by atoms with Gasteiger partial charge in [-0.15, -0.1) is 0 Å². The van der Waals surface area contributed by atoms with Crippen molar-refractivity contribution in [2.24, 2.45) is 11.1 Å². The number of anilines is 1. The van der Waals surface area contributed by atoms with Crippen LogP contribution >= 0.6 is 15.9 Å². The zero-order valence-electron chi connectivity index (χ0n) is 10.3. The van der Waals surface area contributed by atoms with Crippen LogP contribution in [0.2, 0.25) is 0 Å². The van der Waals surface area contributed by atoms with E-state index in [0.717, 1.165) is 6.07 Å². The summed E-state index contributed by atoms with van der Waals surface area (Å²) in [5, 5.41) is 2.52. The van der Waals surface area contributed by atoms with Crippen LogP contribution in [0.3, 0.4) is 0 Å². The monoisotopic (exact) mass is 339 g/mol. The van der Waals surface area contributed by atoms with Crippen molar-refractivity contribution in [1.29, 1.82) is 0 Å². The number of nitrogens with zero attached hydrogens (tertiary/aromatic N) is 1. The molecule has 19 heavy (non-hydrogen) atoms. The van der Waals surface area contributed by atoms with E-state index < -0.39 is 23.1 Å². The summed E-state index contributed by atoms with van der Waals surface area (Å²) in [6.07, 6.45) is -3.29. The number of halogens is 4. The molecule has 1 heterocycles. The molecule has 0 spiro atoms. The Morgan fingerprint density at radius 3 is 2.53 bits per heavy atom. The number of nitrogens with two attached hydrogens (primary N) is 1. The minimum Gasteiger partial charge on any atom is -0.369 e. The van der Waals surface area contributed by atoms with Crippen LogP contribution in [0.15, 0.2) is 16.7 Å². The molecule has 0 saturated heterocycles. The molecule has 0 fully saturated rings. The van der Waals surface area contributed by atoms with Gasteiger partial charge < -0.3 is 11.1 Å². The largest absolute Gasteiger partial charge is 0.419 e. The molecular weight excluding hydrogens is 327 g/mol. The number of hydrogen-bond donors (Lipinski definition) is 2. The maximum atomic E-state index is 12.8. The van der Waals surface area contributed by atoms with Gasteiger partial charge in [0.2, 0.25) is 5.91 Å². The van der Waals surface area contributed by atoms with Gasteiger partial charge in [-0.05, 0) is 35.8 Å². The summed E-state index contributed by atoms with van der Waals surface area (Å²) in [6, 6.07) is 0.923. The highest BCUT2D eigenvalue weighted by Crippen LogP contribution is 2.35. The van der Waals surface area contributed by atoms with Crippen molar-refractivity contribution < 1.29 is 18.0 Å². The zero-order valence-corrected chi connectivity index (χ0v) is 11.9. The van der Waals surface area contributed by atoms with Gasteiger partial charge in [0.1, 0.15) is 5.82 Å². The Kier molecular flexibility index (Phi) is 4.44. The van der Waals surface area contributed by atoms with Crippen molar-refractivity contribution in [2.75, 3.05) is 11.9 Å². The Bertz CT molecular complexity index is 489. The molecule has 0 saturated carbocycles. The second-order valence-corrected chi connectivity index (χ2v) is 5.56. The fourth-order valence-electron chi connectivity index (χ4n) is 1.19. The molecule has 0 aliphatic carbocycles. The molecule has 0 radical (unpaired) electrons. The van der Waals surface area contributed by atoms with Crippen LogP contribution in [0.4, 0.5) is 19.0 Å². The average Bonchev–Trinajstić information content (AvgIpc) is 2.26. The minimum absolute atomic E-state index is 0.0416. The van der Waals surface area contributed by atoms with E-state index in [1.807, 2.05) is 0 Å². The first kappa shape index (κ1) is 15.7. The van der Waals surface area contributed by atoms with Gasteiger partial charge in [-0.3, -0.25) is 4.79 Å². The van der Waals surface area contributed by atoms with Gasteiger partial charge in [0.15, 0.2) is 0 Å². The minimum atomic E-state index is -4.53. The van der Waals surface area contributed by atoms with E-state index in [1.165, 1.54) is 20.0 Å². The molecule has 4 nitrogen and oxygen atoms in total. The Morgan fingerprint density at radius 2 is 2.05 bits per heavy atom. The molecule has 1 aromatic heterocycles.